The van der Waals surface area contributed by atoms with Crippen molar-refractivity contribution in [3.63, 3.8) is 0 Å². The van der Waals surface area contributed by atoms with Crippen LogP contribution in [-0.2, 0) is 11.3 Å². The molecule has 9 heteroatoms. The number of ether oxygens (including phenoxy) is 1. The number of rotatable bonds is 12. The number of thiophene rings is 1. The monoisotopic (exact) mass is 480 g/mol. The number of aromatic amines is 1. The van der Waals surface area contributed by atoms with Gasteiger partial charge in [0.15, 0.2) is 5.16 Å². The van der Waals surface area contributed by atoms with Gasteiger partial charge in [-0.15, -0.1) is 23.7 Å². The molecule has 0 bridgehead atoms. The lowest BCUT2D eigenvalue weighted by atomic mass is 10.3. The lowest BCUT2D eigenvalue weighted by Crippen LogP contribution is -2.21. The Bertz CT molecular complexity index is 936. The van der Waals surface area contributed by atoms with Crippen molar-refractivity contribution < 1.29 is 9.53 Å². The van der Waals surface area contributed by atoms with Gasteiger partial charge in [-0.25, -0.2) is 4.98 Å². The average Bonchev–Trinajstić information content (AvgIpc) is 3.39. The minimum Gasteiger partial charge on any atom is -0.492 e. The summed E-state index contributed by atoms with van der Waals surface area (Å²) in [5.41, 5.74) is 1.89. The number of fused-ring (bicyclic) bond motifs is 1. The summed E-state index contributed by atoms with van der Waals surface area (Å²) in [5.74, 6) is 1.17. The van der Waals surface area contributed by atoms with E-state index in [0.29, 0.717) is 12.4 Å². The molecule has 1 aromatic carbocycles. The van der Waals surface area contributed by atoms with Crippen molar-refractivity contribution in [3.05, 3.63) is 52.9 Å². The highest BCUT2D eigenvalue weighted by Gasteiger charge is 2.06. The van der Waals surface area contributed by atoms with Crippen LogP contribution in [0, 0.1) is 0 Å². The van der Waals surface area contributed by atoms with Crippen LogP contribution >= 0.6 is 35.5 Å². The Balaban J connectivity index is 0.00000341. The highest BCUT2D eigenvalue weighted by Crippen LogP contribution is 2.23. The Hall–Kier alpha value is -2.00. The van der Waals surface area contributed by atoms with E-state index in [9.17, 15) is 4.79 Å². The number of para-hydroxylation sites is 2. The molecule has 168 valence electrons. The highest BCUT2D eigenvalue weighted by atomic mass is 35.5. The summed E-state index contributed by atoms with van der Waals surface area (Å²) in [6.07, 6.45) is 4.33. The minimum atomic E-state index is -0.0588. The molecule has 2 aromatic heterocycles. The molecule has 0 unspecified atom stereocenters. The van der Waals surface area contributed by atoms with Crippen molar-refractivity contribution in [2.75, 3.05) is 25.4 Å². The largest absolute Gasteiger partial charge is 0.492 e. The van der Waals surface area contributed by atoms with Gasteiger partial charge in [-0.2, -0.15) is 0 Å². The van der Waals surface area contributed by atoms with Crippen molar-refractivity contribution >= 4 is 52.4 Å². The molecular formula is C22H29ClN4O2S2. The molecule has 3 rings (SSSR count). The first-order valence-electron chi connectivity index (χ1n) is 10.1. The summed E-state index contributed by atoms with van der Waals surface area (Å²) >= 11 is 3.12. The second kappa shape index (κ2) is 13.4. The zero-order chi connectivity index (χ0) is 21.2. The van der Waals surface area contributed by atoms with Crippen LogP contribution in [0.25, 0.3) is 11.0 Å². The Morgan fingerprint density at radius 3 is 2.90 bits per heavy atom. The van der Waals surface area contributed by atoms with Gasteiger partial charge in [0.1, 0.15) is 5.75 Å². The van der Waals surface area contributed by atoms with Gasteiger partial charge in [-0.3, -0.25) is 9.69 Å². The van der Waals surface area contributed by atoms with Crippen molar-refractivity contribution in [2.24, 2.45) is 0 Å². The summed E-state index contributed by atoms with van der Waals surface area (Å²) in [7, 11) is 0. The standard InChI is InChI=1S/C22H28N4O2S2.ClH/c1-3-26(4-2)14-18-13-17(15-29-18)28-12-8-7-11-23-21(27)16-30-22-24-19-9-5-6-10-20(19)25-22;/h5-7,9-11,13,15H,3-4,8,12,14,16H2,1-2H3,(H,23,27)(H,24,25);1H/b11-7-;. The zero-order valence-electron chi connectivity index (χ0n) is 17.8. The third-order valence-corrected chi connectivity index (χ3v) is 6.30. The Kier molecular flexibility index (Phi) is 10.9. The maximum atomic E-state index is 12.0. The molecule has 2 N–H and O–H groups in total. The van der Waals surface area contributed by atoms with Crippen LogP contribution in [0.2, 0.25) is 0 Å². The molecule has 1 amide bonds. The predicted octanol–water partition coefficient (Wildman–Crippen LogP) is 5.08. The molecule has 0 fully saturated rings. The molecule has 0 aliphatic heterocycles. The van der Waals surface area contributed by atoms with Crippen molar-refractivity contribution in [3.8, 4) is 5.75 Å². The fourth-order valence-electron chi connectivity index (χ4n) is 2.84. The van der Waals surface area contributed by atoms with Crippen LogP contribution < -0.4 is 10.1 Å². The zero-order valence-corrected chi connectivity index (χ0v) is 20.2. The predicted molar refractivity (Wildman–Crippen MR) is 132 cm³/mol. The molecule has 2 heterocycles. The summed E-state index contributed by atoms with van der Waals surface area (Å²) in [4.78, 5) is 23.3. The highest BCUT2D eigenvalue weighted by molar-refractivity contribution is 7.99. The van der Waals surface area contributed by atoms with Gasteiger partial charge in [-0.1, -0.05) is 43.8 Å². The van der Waals surface area contributed by atoms with Gasteiger partial charge in [0, 0.05) is 23.2 Å². The SMILES string of the molecule is CCN(CC)Cc1cc(OCC/C=C\NC(=O)CSc2nc3ccccc3[nH]2)cs1.Cl. The smallest absolute Gasteiger partial charge is 0.234 e. The molecule has 0 saturated heterocycles. The molecule has 3 aromatic rings. The van der Waals surface area contributed by atoms with Crippen LogP contribution in [-0.4, -0.2) is 46.2 Å². The summed E-state index contributed by atoms with van der Waals surface area (Å²) in [5, 5.41) is 5.59. The van der Waals surface area contributed by atoms with Crippen LogP contribution in [0.1, 0.15) is 25.1 Å². The van der Waals surface area contributed by atoms with Crippen molar-refractivity contribution in [2.45, 2.75) is 32.0 Å². The van der Waals surface area contributed by atoms with Gasteiger partial charge in [-0.05, 0) is 37.5 Å². The molecule has 0 aliphatic rings. The van der Waals surface area contributed by atoms with E-state index in [0.717, 1.165) is 48.0 Å². The number of H-pyrrole nitrogens is 1. The van der Waals surface area contributed by atoms with E-state index in [1.807, 2.05) is 30.3 Å². The number of carbonyl (C=O) groups excluding carboxylic acids is 1. The van der Waals surface area contributed by atoms with Crippen LogP contribution in [0.4, 0.5) is 0 Å². The van der Waals surface area contributed by atoms with E-state index in [1.54, 1.807) is 17.5 Å². The van der Waals surface area contributed by atoms with Crippen molar-refractivity contribution in [1.82, 2.24) is 20.2 Å². The number of benzene rings is 1. The third-order valence-electron chi connectivity index (χ3n) is 4.53. The second-order valence-corrected chi connectivity index (χ2v) is 8.62. The number of thioether (sulfide) groups is 1. The van der Waals surface area contributed by atoms with E-state index in [2.05, 4.69) is 45.5 Å². The van der Waals surface area contributed by atoms with Crippen LogP contribution in [0.3, 0.4) is 0 Å². The second-order valence-electron chi connectivity index (χ2n) is 6.66. The quantitative estimate of drug-likeness (QED) is 0.279. The van der Waals surface area contributed by atoms with E-state index < -0.39 is 0 Å². The molecule has 0 atom stereocenters. The molecule has 31 heavy (non-hydrogen) atoms. The molecule has 0 saturated carbocycles. The van der Waals surface area contributed by atoms with E-state index in [4.69, 9.17) is 4.74 Å². The molecule has 0 aliphatic carbocycles. The lowest BCUT2D eigenvalue weighted by Gasteiger charge is -2.16. The van der Waals surface area contributed by atoms with E-state index in [1.165, 1.54) is 16.6 Å². The number of hydrogen-bond acceptors (Lipinski definition) is 6. The first-order valence-corrected chi connectivity index (χ1v) is 12.0. The summed E-state index contributed by atoms with van der Waals surface area (Å²) < 4.78 is 5.79. The maximum absolute atomic E-state index is 12.0. The van der Waals surface area contributed by atoms with Crippen molar-refractivity contribution in [1.29, 1.82) is 0 Å². The topological polar surface area (TPSA) is 70.2 Å². The number of nitrogens with zero attached hydrogens (tertiary/aromatic N) is 2. The van der Waals surface area contributed by atoms with E-state index >= 15 is 0 Å². The number of hydrogen-bond donors (Lipinski definition) is 2. The van der Waals surface area contributed by atoms with Gasteiger partial charge < -0.3 is 15.0 Å². The number of amides is 1. The first-order chi connectivity index (χ1) is 14.7. The number of imidazole rings is 1. The minimum absolute atomic E-state index is 0. The molecular weight excluding hydrogens is 452 g/mol. The van der Waals surface area contributed by atoms with E-state index in [-0.39, 0.29) is 18.3 Å². The Labute approximate surface area is 197 Å². The fourth-order valence-corrected chi connectivity index (χ4v) is 4.38. The molecule has 0 spiro atoms. The Morgan fingerprint density at radius 2 is 2.13 bits per heavy atom. The summed E-state index contributed by atoms with van der Waals surface area (Å²) in [6, 6.07) is 9.94. The fraction of sp³-hybridized carbons (Fsp3) is 0.364. The number of halogens is 1. The maximum Gasteiger partial charge on any atom is 0.234 e. The number of carbonyl (C=O) groups is 1. The van der Waals surface area contributed by atoms with Gasteiger partial charge in [0.05, 0.1) is 23.4 Å². The van der Waals surface area contributed by atoms with Gasteiger partial charge in [0.25, 0.3) is 0 Å². The van der Waals surface area contributed by atoms with Gasteiger partial charge in [0.2, 0.25) is 5.91 Å². The third kappa shape index (κ3) is 8.22. The average molecular weight is 481 g/mol. The van der Waals surface area contributed by atoms with Crippen LogP contribution in [0.5, 0.6) is 5.75 Å². The lowest BCUT2D eigenvalue weighted by molar-refractivity contribution is -0.117. The molecule has 0 radical (unpaired) electrons. The number of nitrogens with one attached hydrogen (secondary N) is 2. The first kappa shape index (κ1) is 25.3. The van der Waals surface area contributed by atoms with Gasteiger partial charge >= 0.3 is 0 Å². The Morgan fingerprint density at radius 1 is 1.32 bits per heavy atom. The molecule has 6 nitrogen and oxygen atoms in total. The normalized spacial score (nSPS) is 11.2. The number of aromatic nitrogens is 2. The van der Waals surface area contributed by atoms with Crippen LogP contribution in [0.15, 0.2) is 53.1 Å². The summed E-state index contributed by atoms with van der Waals surface area (Å²) in [6.45, 7) is 8.02.